The van der Waals surface area contributed by atoms with Gasteiger partial charge in [0.1, 0.15) is 0 Å². The summed E-state index contributed by atoms with van der Waals surface area (Å²) in [6.07, 6.45) is 8.04. The fourth-order valence-electron chi connectivity index (χ4n) is 3.12. The zero-order valence-corrected chi connectivity index (χ0v) is 11.4. The Kier molecular flexibility index (Phi) is 5.73. The highest BCUT2D eigenvalue weighted by molar-refractivity contribution is 4.99. The van der Waals surface area contributed by atoms with E-state index in [1.165, 1.54) is 38.5 Å². The SMILES string of the molecule is CNC(COC)C1(N(C)C)CCCCCC1. The Morgan fingerprint density at radius 1 is 1.19 bits per heavy atom. The van der Waals surface area contributed by atoms with Gasteiger partial charge in [0.15, 0.2) is 0 Å². The molecule has 3 nitrogen and oxygen atoms in total. The molecule has 0 radical (unpaired) electrons. The van der Waals surface area contributed by atoms with Gasteiger partial charge >= 0.3 is 0 Å². The molecule has 1 aliphatic carbocycles. The van der Waals surface area contributed by atoms with E-state index in [0.717, 1.165) is 6.61 Å². The van der Waals surface area contributed by atoms with Gasteiger partial charge in [-0.15, -0.1) is 0 Å². The molecule has 16 heavy (non-hydrogen) atoms. The van der Waals surface area contributed by atoms with Crippen LogP contribution in [-0.4, -0.2) is 51.3 Å². The zero-order chi connectivity index (χ0) is 12.0. The van der Waals surface area contributed by atoms with Crippen molar-refractivity contribution in [1.29, 1.82) is 0 Å². The van der Waals surface area contributed by atoms with Crippen LogP contribution in [0.1, 0.15) is 38.5 Å². The molecule has 0 aromatic rings. The maximum Gasteiger partial charge on any atom is 0.0633 e. The molecular weight excluding hydrogens is 200 g/mol. The van der Waals surface area contributed by atoms with E-state index in [0.29, 0.717) is 6.04 Å². The van der Waals surface area contributed by atoms with Crippen LogP contribution in [0.15, 0.2) is 0 Å². The molecule has 0 amide bonds. The van der Waals surface area contributed by atoms with Crippen LogP contribution in [0.4, 0.5) is 0 Å². The Labute approximate surface area is 101 Å². The molecule has 0 aromatic carbocycles. The van der Waals surface area contributed by atoms with Crippen molar-refractivity contribution >= 4 is 0 Å². The summed E-state index contributed by atoms with van der Waals surface area (Å²) in [6, 6.07) is 0.436. The fraction of sp³-hybridized carbons (Fsp3) is 1.00. The number of nitrogens with zero attached hydrogens (tertiary/aromatic N) is 1. The van der Waals surface area contributed by atoms with Crippen LogP contribution in [0.2, 0.25) is 0 Å². The molecule has 1 atom stereocenters. The highest BCUT2D eigenvalue weighted by atomic mass is 16.5. The maximum absolute atomic E-state index is 5.37. The second kappa shape index (κ2) is 6.58. The molecule has 0 aromatic heterocycles. The van der Waals surface area contributed by atoms with Crippen molar-refractivity contribution in [1.82, 2.24) is 10.2 Å². The minimum Gasteiger partial charge on any atom is -0.383 e. The summed E-state index contributed by atoms with van der Waals surface area (Å²) >= 11 is 0. The van der Waals surface area contributed by atoms with Crippen molar-refractivity contribution in [2.45, 2.75) is 50.1 Å². The lowest BCUT2D eigenvalue weighted by atomic mass is 9.81. The van der Waals surface area contributed by atoms with E-state index in [4.69, 9.17) is 4.74 Å². The van der Waals surface area contributed by atoms with Gasteiger partial charge in [-0.2, -0.15) is 0 Å². The molecule has 0 heterocycles. The van der Waals surface area contributed by atoms with E-state index in [1.807, 2.05) is 0 Å². The van der Waals surface area contributed by atoms with E-state index in [2.05, 4.69) is 31.4 Å². The number of hydrogen-bond acceptors (Lipinski definition) is 3. The Morgan fingerprint density at radius 2 is 1.75 bits per heavy atom. The zero-order valence-electron chi connectivity index (χ0n) is 11.4. The first-order valence-electron chi connectivity index (χ1n) is 6.51. The predicted molar refractivity (Wildman–Crippen MR) is 68.8 cm³/mol. The van der Waals surface area contributed by atoms with Crippen LogP contribution in [0.3, 0.4) is 0 Å². The van der Waals surface area contributed by atoms with Gasteiger partial charge in [-0.1, -0.05) is 25.7 Å². The van der Waals surface area contributed by atoms with Gasteiger partial charge in [-0.3, -0.25) is 0 Å². The van der Waals surface area contributed by atoms with E-state index in [-0.39, 0.29) is 5.54 Å². The third kappa shape index (κ3) is 2.96. The lowest BCUT2D eigenvalue weighted by Crippen LogP contribution is -2.59. The van der Waals surface area contributed by atoms with Gasteiger partial charge in [0.2, 0.25) is 0 Å². The molecule has 1 fully saturated rings. The smallest absolute Gasteiger partial charge is 0.0633 e. The minimum atomic E-state index is 0.279. The number of methoxy groups -OCH3 is 1. The van der Waals surface area contributed by atoms with Crippen molar-refractivity contribution in [3.05, 3.63) is 0 Å². The maximum atomic E-state index is 5.37. The molecule has 1 unspecified atom stereocenters. The van der Waals surface area contributed by atoms with Crippen LogP contribution in [0, 0.1) is 0 Å². The van der Waals surface area contributed by atoms with Crippen molar-refractivity contribution in [2.75, 3.05) is 34.9 Å². The summed E-state index contributed by atoms with van der Waals surface area (Å²) in [6.45, 7) is 0.800. The summed E-state index contributed by atoms with van der Waals surface area (Å²) < 4.78 is 5.37. The van der Waals surface area contributed by atoms with Crippen molar-refractivity contribution < 1.29 is 4.74 Å². The minimum absolute atomic E-state index is 0.279. The third-order valence-electron chi connectivity index (χ3n) is 4.19. The highest BCUT2D eigenvalue weighted by Gasteiger charge is 2.40. The molecule has 3 heteroatoms. The molecule has 1 saturated carbocycles. The van der Waals surface area contributed by atoms with Gasteiger partial charge in [0.05, 0.1) is 6.61 Å². The van der Waals surface area contributed by atoms with Gasteiger partial charge in [-0.25, -0.2) is 0 Å². The normalized spacial score (nSPS) is 23.1. The molecule has 1 rings (SSSR count). The standard InChI is InChI=1S/C13H28N2O/c1-14-12(11-16-4)13(15(2)3)9-7-5-6-8-10-13/h12,14H,5-11H2,1-4H3. The van der Waals surface area contributed by atoms with Gasteiger partial charge in [-0.05, 0) is 34.0 Å². The summed E-state index contributed by atoms with van der Waals surface area (Å²) in [4.78, 5) is 2.42. The number of likely N-dealkylation sites (N-methyl/N-ethyl adjacent to an activating group) is 2. The van der Waals surface area contributed by atoms with Crippen molar-refractivity contribution in [3.63, 3.8) is 0 Å². The first kappa shape index (κ1) is 13.9. The topological polar surface area (TPSA) is 24.5 Å². The molecular formula is C13H28N2O. The molecule has 96 valence electrons. The van der Waals surface area contributed by atoms with E-state index >= 15 is 0 Å². The Morgan fingerprint density at radius 3 is 2.12 bits per heavy atom. The lowest BCUT2D eigenvalue weighted by Gasteiger charge is -2.45. The lowest BCUT2D eigenvalue weighted by molar-refractivity contribution is 0.0391. The van der Waals surface area contributed by atoms with Crippen LogP contribution in [0.25, 0.3) is 0 Å². The van der Waals surface area contributed by atoms with Gasteiger partial charge in [0.25, 0.3) is 0 Å². The summed E-state index contributed by atoms with van der Waals surface area (Å²) in [5, 5.41) is 3.46. The summed E-state index contributed by atoms with van der Waals surface area (Å²) in [5.41, 5.74) is 0.279. The third-order valence-corrected chi connectivity index (χ3v) is 4.19. The molecule has 1 aliphatic rings. The van der Waals surface area contributed by atoms with Gasteiger partial charge in [0, 0.05) is 18.7 Å². The van der Waals surface area contributed by atoms with Crippen LogP contribution in [0.5, 0.6) is 0 Å². The first-order chi connectivity index (χ1) is 7.67. The number of hydrogen-bond donors (Lipinski definition) is 1. The summed E-state index contributed by atoms with van der Waals surface area (Å²) in [7, 11) is 8.28. The Hall–Kier alpha value is -0.120. The van der Waals surface area contributed by atoms with Crippen LogP contribution in [-0.2, 0) is 4.74 Å². The van der Waals surface area contributed by atoms with Crippen molar-refractivity contribution in [2.24, 2.45) is 0 Å². The fourth-order valence-corrected chi connectivity index (χ4v) is 3.12. The quantitative estimate of drug-likeness (QED) is 0.727. The molecule has 0 aliphatic heterocycles. The molecule has 0 bridgehead atoms. The van der Waals surface area contributed by atoms with E-state index in [9.17, 15) is 0 Å². The van der Waals surface area contributed by atoms with Crippen LogP contribution >= 0.6 is 0 Å². The van der Waals surface area contributed by atoms with Crippen molar-refractivity contribution in [3.8, 4) is 0 Å². The number of ether oxygens (including phenoxy) is 1. The highest BCUT2D eigenvalue weighted by Crippen LogP contribution is 2.34. The first-order valence-corrected chi connectivity index (χ1v) is 6.51. The Balaban J connectivity index is 2.82. The number of rotatable bonds is 5. The average molecular weight is 228 g/mol. The molecule has 0 spiro atoms. The van der Waals surface area contributed by atoms with E-state index in [1.54, 1.807) is 7.11 Å². The van der Waals surface area contributed by atoms with Crippen LogP contribution < -0.4 is 5.32 Å². The second-order valence-electron chi connectivity index (χ2n) is 5.21. The van der Waals surface area contributed by atoms with E-state index < -0.39 is 0 Å². The number of nitrogens with one attached hydrogen (secondary N) is 1. The average Bonchev–Trinajstić information content (AvgIpc) is 2.52. The van der Waals surface area contributed by atoms with Gasteiger partial charge < -0.3 is 15.0 Å². The predicted octanol–water partition coefficient (Wildman–Crippen LogP) is 1.88. The molecule has 0 saturated heterocycles. The summed E-state index contributed by atoms with van der Waals surface area (Å²) in [5.74, 6) is 0. The monoisotopic (exact) mass is 228 g/mol. The molecule has 1 N–H and O–H groups in total. The Bertz CT molecular complexity index is 186. The second-order valence-corrected chi connectivity index (χ2v) is 5.21. The largest absolute Gasteiger partial charge is 0.383 e.